The molecule has 0 heterocycles. The minimum Gasteiger partial charge on any atom is -0.497 e. The summed E-state index contributed by atoms with van der Waals surface area (Å²) in [6, 6.07) is 12.9. The topological polar surface area (TPSA) is 74.4 Å². The number of hydrogen-bond donors (Lipinski definition) is 4. The molecule has 0 unspecified atom stereocenters. The summed E-state index contributed by atoms with van der Waals surface area (Å²) in [6.45, 7) is 0.0679. The predicted octanol–water partition coefficient (Wildman–Crippen LogP) is 2.26. The van der Waals surface area contributed by atoms with Crippen LogP contribution in [0.4, 0.5) is 15.8 Å². The van der Waals surface area contributed by atoms with Crippen LogP contribution in [0.15, 0.2) is 48.5 Å². The highest BCUT2D eigenvalue weighted by molar-refractivity contribution is 7.80. The number of halogens is 1. The summed E-state index contributed by atoms with van der Waals surface area (Å²) >= 11 is 5.03. The minimum absolute atomic E-state index is 0.0679. The number of nitrogens with one attached hydrogen (secondary N) is 4. The van der Waals surface area contributed by atoms with Gasteiger partial charge in [-0.1, -0.05) is 0 Å². The highest BCUT2D eigenvalue weighted by atomic mass is 32.1. The molecule has 0 bridgehead atoms. The summed E-state index contributed by atoms with van der Waals surface area (Å²) in [6.07, 6.45) is 0. The molecule has 0 saturated heterocycles. The number of ether oxygens (including phenoxy) is 1. The quantitative estimate of drug-likeness (QED) is 0.491. The number of amides is 1. The lowest BCUT2D eigenvalue weighted by atomic mass is 10.3. The molecular weight excluding hydrogens is 331 g/mol. The van der Waals surface area contributed by atoms with Gasteiger partial charge in [-0.05, 0) is 60.7 Å². The van der Waals surface area contributed by atoms with Crippen LogP contribution in [0.2, 0.25) is 0 Å². The second-order valence-corrected chi connectivity index (χ2v) is 5.12. The number of carbonyl (C=O) groups excluding carboxylic acids is 1. The van der Waals surface area contributed by atoms with Gasteiger partial charge in [0, 0.05) is 11.4 Å². The number of thiocarbonyl (C=S) groups is 1. The van der Waals surface area contributed by atoms with Crippen LogP contribution in [0.1, 0.15) is 0 Å². The standard InChI is InChI=1S/C16H17FN4O2S/c1-23-14-8-6-12(7-9-14)18-10-15(22)20-21-16(24)19-13-4-2-11(17)3-5-13/h2-9,18H,10H2,1H3,(H,20,22)(H2,19,21,24). The molecule has 24 heavy (non-hydrogen) atoms. The molecule has 0 aliphatic rings. The summed E-state index contributed by atoms with van der Waals surface area (Å²) < 4.78 is 17.9. The largest absolute Gasteiger partial charge is 0.497 e. The van der Waals surface area contributed by atoms with Gasteiger partial charge in [0.1, 0.15) is 11.6 Å². The van der Waals surface area contributed by atoms with Gasteiger partial charge in [0.15, 0.2) is 5.11 Å². The van der Waals surface area contributed by atoms with E-state index in [1.165, 1.54) is 24.3 Å². The lowest BCUT2D eigenvalue weighted by Gasteiger charge is -2.12. The number of hydrogen-bond acceptors (Lipinski definition) is 4. The number of methoxy groups -OCH3 is 1. The first kappa shape index (κ1) is 17.5. The van der Waals surface area contributed by atoms with Gasteiger partial charge < -0.3 is 15.4 Å². The summed E-state index contributed by atoms with van der Waals surface area (Å²) in [5.74, 6) is 0.107. The maximum absolute atomic E-state index is 12.8. The third-order valence-corrected chi connectivity index (χ3v) is 3.16. The lowest BCUT2D eigenvalue weighted by Crippen LogP contribution is -2.45. The van der Waals surface area contributed by atoms with E-state index in [9.17, 15) is 9.18 Å². The lowest BCUT2D eigenvalue weighted by molar-refractivity contribution is -0.119. The summed E-state index contributed by atoms with van der Waals surface area (Å²) in [7, 11) is 1.59. The smallest absolute Gasteiger partial charge is 0.257 e. The molecule has 2 aromatic carbocycles. The van der Waals surface area contributed by atoms with Crippen LogP contribution in [0.5, 0.6) is 5.75 Å². The molecule has 0 atom stereocenters. The normalized spacial score (nSPS) is 9.75. The Bertz CT molecular complexity index is 692. The minimum atomic E-state index is -0.336. The molecule has 0 aliphatic carbocycles. The molecular formula is C16H17FN4O2S. The van der Waals surface area contributed by atoms with E-state index in [1.54, 1.807) is 31.4 Å². The molecule has 0 fully saturated rings. The van der Waals surface area contributed by atoms with E-state index in [4.69, 9.17) is 17.0 Å². The zero-order valence-electron chi connectivity index (χ0n) is 12.9. The van der Waals surface area contributed by atoms with Gasteiger partial charge in [-0.3, -0.25) is 15.6 Å². The van der Waals surface area contributed by atoms with Crippen molar-refractivity contribution in [3.05, 3.63) is 54.3 Å². The Morgan fingerprint density at radius 1 is 1.04 bits per heavy atom. The van der Waals surface area contributed by atoms with Gasteiger partial charge in [0.25, 0.3) is 5.91 Å². The average molecular weight is 348 g/mol. The monoisotopic (exact) mass is 348 g/mol. The molecule has 126 valence electrons. The fourth-order valence-electron chi connectivity index (χ4n) is 1.76. The first-order chi connectivity index (χ1) is 11.6. The first-order valence-electron chi connectivity index (χ1n) is 7.06. The van der Waals surface area contributed by atoms with Crippen molar-refractivity contribution in [2.24, 2.45) is 0 Å². The number of hydrazine groups is 1. The van der Waals surface area contributed by atoms with Crippen LogP contribution in [0, 0.1) is 5.82 Å². The van der Waals surface area contributed by atoms with Crippen LogP contribution in [-0.4, -0.2) is 24.7 Å². The molecule has 0 aliphatic heterocycles. The molecule has 6 nitrogen and oxygen atoms in total. The summed E-state index contributed by atoms with van der Waals surface area (Å²) in [5.41, 5.74) is 6.42. The van der Waals surface area contributed by atoms with Crippen molar-refractivity contribution in [3.8, 4) is 5.75 Å². The number of benzene rings is 2. The van der Waals surface area contributed by atoms with Gasteiger partial charge in [-0.25, -0.2) is 4.39 Å². The summed E-state index contributed by atoms with van der Waals surface area (Å²) in [5, 5.41) is 5.97. The molecule has 0 radical (unpaired) electrons. The number of anilines is 2. The van der Waals surface area contributed by atoms with Crippen LogP contribution >= 0.6 is 12.2 Å². The Kier molecular flexibility index (Phi) is 6.32. The number of rotatable bonds is 5. The fraction of sp³-hybridized carbons (Fsp3) is 0.125. The van der Waals surface area contributed by atoms with Crippen molar-refractivity contribution in [1.82, 2.24) is 10.9 Å². The van der Waals surface area contributed by atoms with E-state index >= 15 is 0 Å². The van der Waals surface area contributed by atoms with E-state index in [-0.39, 0.29) is 23.4 Å². The zero-order valence-corrected chi connectivity index (χ0v) is 13.7. The summed E-state index contributed by atoms with van der Waals surface area (Å²) in [4.78, 5) is 11.7. The third-order valence-electron chi connectivity index (χ3n) is 2.96. The number of carbonyl (C=O) groups is 1. The van der Waals surface area contributed by atoms with Crippen molar-refractivity contribution >= 4 is 34.6 Å². The van der Waals surface area contributed by atoms with Gasteiger partial charge in [-0.15, -0.1) is 0 Å². The molecule has 1 amide bonds. The maximum Gasteiger partial charge on any atom is 0.257 e. The van der Waals surface area contributed by atoms with E-state index < -0.39 is 0 Å². The molecule has 0 saturated carbocycles. The second-order valence-electron chi connectivity index (χ2n) is 4.72. The fourth-order valence-corrected chi connectivity index (χ4v) is 1.93. The van der Waals surface area contributed by atoms with Crippen molar-refractivity contribution in [1.29, 1.82) is 0 Å². The molecule has 2 rings (SSSR count). The SMILES string of the molecule is COc1ccc(NCC(=O)NNC(=S)Nc2ccc(F)cc2)cc1. The molecule has 0 spiro atoms. The molecule has 8 heteroatoms. The second kappa shape index (κ2) is 8.68. The van der Waals surface area contributed by atoms with Gasteiger partial charge in [0.05, 0.1) is 13.7 Å². The third kappa shape index (κ3) is 5.73. The van der Waals surface area contributed by atoms with E-state index in [0.717, 1.165) is 11.4 Å². The average Bonchev–Trinajstić information content (AvgIpc) is 2.60. The van der Waals surface area contributed by atoms with Gasteiger partial charge in [0.2, 0.25) is 0 Å². The van der Waals surface area contributed by atoms with E-state index in [2.05, 4.69) is 21.5 Å². The highest BCUT2D eigenvalue weighted by Crippen LogP contribution is 2.14. The van der Waals surface area contributed by atoms with Crippen molar-refractivity contribution in [3.63, 3.8) is 0 Å². The van der Waals surface area contributed by atoms with Gasteiger partial charge >= 0.3 is 0 Å². The molecule has 2 aromatic rings. The van der Waals surface area contributed by atoms with Crippen molar-refractivity contribution < 1.29 is 13.9 Å². The predicted molar refractivity (Wildman–Crippen MR) is 95.4 cm³/mol. The Balaban J connectivity index is 1.70. The van der Waals surface area contributed by atoms with Crippen molar-refractivity contribution in [2.45, 2.75) is 0 Å². The molecule has 4 N–H and O–H groups in total. The van der Waals surface area contributed by atoms with Gasteiger partial charge in [-0.2, -0.15) is 0 Å². The van der Waals surface area contributed by atoms with E-state index in [0.29, 0.717) is 5.69 Å². The first-order valence-corrected chi connectivity index (χ1v) is 7.47. The Hall–Kier alpha value is -2.87. The zero-order chi connectivity index (χ0) is 17.4. The molecule has 0 aromatic heterocycles. The van der Waals surface area contributed by atoms with Crippen molar-refractivity contribution in [2.75, 3.05) is 24.3 Å². The Labute approximate surface area is 144 Å². The van der Waals surface area contributed by atoms with E-state index in [1.807, 2.05) is 0 Å². The Morgan fingerprint density at radius 3 is 2.29 bits per heavy atom. The van der Waals surface area contributed by atoms with Crippen LogP contribution in [0.3, 0.4) is 0 Å². The maximum atomic E-state index is 12.8. The van der Waals surface area contributed by atoms with Crippen LogP contribution in [-0.2, 0) is 4.79 Å². The Morgan fingerprint density at radius 2 is 1.67 bits per heavy atom. The van der Waals surface area contributed by atoms with Crippen LogP contribution < -0.4 is 26.2 Å². The van der Waals surface area contributed by atoms with Crippen LogP contribution in [0.25, 0.3) is 0 Å². The highest BCUT2D eigenvalue weighted by Gasteiger charge is 2.03.